The number of hydrogen-bond donors (Lipinski definition) is 3. The molecule has 150 valence electrons. The van der Waals surface area contributed by atoms with Crippen LogP contribution in [0.2, 0.25) is 0 Å². The highest BCUT2D eigenvalue weighted by Gasteiger charge is 2.35. The number of carbonyl (C=O) groups is 2. The van der Waals surface area contributed by atoms with Gasteiger partial charge in [0.25, 0.3) is 0 Å². The first kappa shape index (κ1) is 19.1. The van der Waals surface area contributed by atoms with Gasteiger partial charge in [-0.2, -0.15) is 5.10 Å². The largest absolute Gasteiger partial charge is 0.508 e. The fraction of sp³-hybridized carbons (Fsp3) is 0.0909. The van der Waals surface area contributed by atoms with Gasteiger partial charge in [-0.05, 0) is 24.3 Å². The first-order chi connectivity index (χ1) is 14.5. The van der Waals surface area contributed by atoms with Crippen molar-refractivity contribution >= 4 is 23.4 Å². The molecule has 0 fully saturated rings. The molecule has 0 spiro atoms. The molecule has 30 heavy (non-hydrogen) atoms. The average Bonchev–Trinajstić information content (AvgIpc) is 3.20. The van der Waals surface area contributed by atoms with Crippen LogP contribution in [0.5, 0.6) is 5.75 Å². The molecule has 3 N–H and O–H groups in total. The normalized spacial score (nSPS) is 15.5. The van der Waals surface area contributed by atoms with Crippen molar-refractivity contribution in [2.45, 2.75) is 12.5 Å². The molecule has 0 saturated heterocycles. The van der Waals surface area contributed by atoms with E-state index in [0.29, 0.717) is 17.7 Å². The second-order valence-electron chi connectivity index (χ2n) is 6.69. The lowest BCUT2D eigenvalue weighted by Gasteiger charge is -2.23. The lowest BCUT2D eigenvalue weighted by atomic mass is 9.98. The van der Waals surface area contributed by atoms with Gasteiger partial charge in [0.05, 0.1) is 23.0 Å². The summed E-state index contributed by atoms with van der Waals surface area (Å²) in [6, 6.07) is 15.3. The Morgan fingerprint density at radius 1 is 1.03 bits per heavy atom. The number of para-hydroxylation sites is 2. The minimum absolute atomic E-state index is 0.0272. The van der Waals surface area contributed by atoms with Crippen LogP contribution in [-0.4, -0.2) is 37.9 Å². The summed E-state index contributed by atoms with van der Waals surface area (Å²) in [5, 5.41) is 28.0. The number of hydrazone groups is 1. The number of anilines is 1. The number of hydrogen-bond acceptors (Lipinski definition) is 5. The van der Waals surface area contributed by atoms with Gasteiger partial charge in [-0.3, -0.25) is 4.98 Å². The van der Waals surface area contributed by atoms with Crippen molar-refractivity contribution in [2.75, 3.05) is 5.32 Å². The lowest BCUT2D eigenvalue weighted by Crippen LogP contribution is -2.32. The lowest BCUT2D eigenvalue weighted by molar-refractivity contribution is 0.0698. The molecule has 2 aromatic carbocycles. The van der Waals surface area contributed by atoms with Gasteiger partial charge < -0.3 is 15.5 Å². The van der Waals surface area contributed by atoms with Crippen molar-refractivity contribution in [3.05, 3.63) is 89.7 Å². The predicted molar refractivity (Wildman–Crippen MR) is 110 cm³/mol. The highest BCUT2D eigenvalue weighted by Crippen LogP contribution is 2.37. The van der Waals surface area contributed by atoms with E-state index in [-0.39, 0.29) is 17.0 Å². The third kappa shape index (κ3) is 3.70. The van der Waals surface area contributed by atoms with Crippen molar-refractivity contribution in [2.24, 2.45) is 5.10 Å². The maximum absolute atomic E-state index is 13.1. The fourth-order valence-corrected chi connectivity index (χ4v) is 3.37. The Morgan fingerprint density at radius 3 is 2.53 bits per heavy atom. The van der Waals surface area contributed by atoms with Gasteiger partial charge in [0, 0.05) is 29.9 Å². The third-order valence-electron chi connectivity index (χ3n) is 4.81. The number of phenolic OH excluding ortho intramolecular Hbond substituents is 1. The van der Waals surface area contributed by atoms with Crippen LogP contribution in [-0.2, 0) is 0 Å². The molecule has 1 aliphatic rings. The highest BCUT2D eigenvalue weighted by molar-refractivity contribution is 6.05. The third-order valence-corrected chi connectivity index (χ3v) is 4.81. The number of carbonyl (C=O) groups excluding carboxylic acids is 1. The van der Waals surface area contributed by atoms with Gasteiger partial charge in [-0.25, -0.2) is 14.6 Å². The molecule has 2 heterocycles. The molecule has 3 aromatic rings. The zero-order valence-electron chi connectivity index (χ0n) is 15.8. The van der Waals surface area contributed by atoms with Gasteiger partial charge >= 0.3 is 12.0 Å². The van der Waals surface area contributed by atoms with Crippen molar-refractivity contribution in [1.82, 2.24) is 9.99 Å². The number of pyridine rings is 1. The molecule has 8 nitrogen and oxygen atoms in total. The number of amides is 2. The van der Waals surface area contributed by atoms with Crippen molar-refractivity contribution in [3.8, 4) is 5.75 Å². The Labute approximate surface area is 172 Å². The second kappa shape index (κ2) is 8.04. The number of aromatic carboxylic acids is 1. The second-order valence-corrected chi connectivity index (χ2v) is 6.69. The number of aromatic nitrogens is 1. The van der Waals surface area contributed by atoms with E-state index in [2.05, 4.69) is 15.4 Å². The number of carboxylic acids is 1. The number of urea groups is 1. The molecule has 0 saturated carbocycles. The van der Waals surface area contributed by atoms with Gasteiger partial charge in [-0.15, -0.1) is 0 Å². The van der Waals surface area contributed by atoms with Crippen LogP contribution in [0.15, 0.2) is 78.2 Å². The van der Waals surface area contributed by atoms with E-state index in [4.69, 9.17) is 0 Å². The summed E-state index contributed by atoms with van der Waals surface area (Å²) >= 11 is 0. The fourth-order valence-electron chi connectivity index (χ4n) is 3.37. The number of rotatable bonds is 4. The van der Waals surface area contributed by atoms with Crippen LogP contribution >= 0.6 is 0 Å². The van der Waals surface area contributed by atoms with Crippen LogP contribution in [0.1, 0.15) is 33.9 Å². The van der Waals surface area contributed by atoms with Crippen molar-refractivity contribution in [3.63, 3.8) is 0 Å². The van der Waals surface area contributed by atoms with Gasteiger partial charge in [0.1, 0.15) is 5.75 Å². The summed E-state index contributed by atoms with van der Waals surface area (Å²) in [4.78, 5) is 28.6. The zero-order valence-corrected chi connectivity index (χ0v) is 15.8. The zero-order chi connectivity index (χ0) is 21.1. The number of phenols is 1. The van der Waals surface area contributed by atoms with E-state index in [1.165, 1.54) is 17.1 Å². The van der Waals surface area contributed by atoms with E-state index < -0.39 is 18.0 Å². The Hall–Kier alpha value is -4.20. The Bertz CT molecular complexity index is 1130. The molecule has 1 aromatic heterocycles. The SMILES string of the molecule is O=C(O)c1ccccc1NC(=O)N1N=C(c2cccnc2)CC1c1ccccc1O. The molecule has 0 aliphatic carbocycles. The topological polar surface area (TPSA) is 115 Å². The maximum atomic E-state index is 13.1. The average molecular weight is 402 g/mol. The molecular weight excluding hydrogens is 384 g/mol. The van der Waals surface area contributed by atoms with Crippen LogP contribution < -0.4 is 5.32 Å². The molecular formula is C22H18N4O4. The number of aromatic hydroxyl groups is 1. The summed E-state index contributed by atoms with van der Waals surface area (Å²) in [7, 11) is 0. The molecule has 0 bridgehead atoms. The van der Waals surface area contributed by atoms with E-state index in [1.807, 2.05) is 6.07 Å². The number of benzene rings is 2. The molecule has 1 unspecified atom stereocenters. The number of nitrogens with zero attached hydrogens (tertiary/aromatic N) is 3. The van der Waals surface area contributed by atoms with Gasteiger partial charge in [0.15, 0.2) is 0 Å². The highest BCUT2D eigenvalue weighted by atomic mass is 16.4. The molecule has 0 radical (unpaired) electrons. The Kier molecular flexibility index (Phi) is 5.13. The van der Waals surface area contributed by atoms with Gasteiger partial charge in [-0.1, -0.05) is 36.4 Å². The van der Waals surface area contributed by atoms with E-state index >= 15 is 0 Å². The van der Waals surface area contributed by atoms with Crippen LogP contribution in [0.25, 0.3) is 0 Å². The van der Waals surface area contributed by atoms with E-state index in [9.17, 15) is 19.8 Å². The molecule has 2 amide bonds. The van der Waals surface area contributed by atoms with Crippen LogP contribution in [0, 0.1) is 0 Å². The van der Waals surface area contributed by atoms with Crippen molar-refractivity contribution < 1.29 is 19.8 Å². The molecule has 8 heteroatoms. The van der Waals surface area contributed by atoms with E-state index in [1.54, 1.807) is 54.9 Å². The Morgan fingerprint density at radius 2 is 1.80 bits per heavy atom. The minimum Gasteiger partial charge on any atom is -0.508 e. The first-order valence-electron chi connectivity index (χ1n) is 9.23. The molecule has 1 aliphatic heterocycles. The monoisotopic (exact) mass is 402 g/mol. The maximum Gasteiger partial charge on any atom is 0.342 e. The summed E-state index contributed by atoms with van der Waals surface area (Å²) < 4.78 is 0. The van der Waals surface area contributed by atoms with Gasteiger partial charge in [0.2, 0.25) is 0 Å². The summed E-state index contributed by atoms with van der Waals surface area (Å²) in [6.45, 7) is 0. The standard InChI is InChI=1S/C22H18N4O4/c27-20-10-4-2-8-16(20)19-12-18(14-6-5-11-23-13-14)25-26(19)22(30)24-17-9-3-1-7-15(17)21(28)29/h1-11,13,19,27H,12H2,(H,24,30)(H,28,29). The molecule has 1 atom stereocenters. The summed E-state index contributed by atoms with van der Waals surface area (Å²) in [5.41, 5.74) is 2.08. The quantitative estimate of drug-likeness (QED) is 0.613. The first-order valence-corrected chi connectivity index (χ1v) is 9.23. The van der Waals surface area contributed by atoms with Crippen LogP contribution in [0.3, 0.4) is 0 Å². The molecule has 4 rings (SSSR count). The minimum atomic E-state index is -1.15. The summed E-state index contributed by atoms with van der Waals surface area (Å²) in [5.74, 6) is -1.10. The van der Waals surface area contributed by atoms with Crippen molar-refractivity contribution in [1.29, 1.82) is 0 Å². The van der Waals surface area contributed by atoms with Crippen LogP contribution in [0.4, 0.5) is 10.5 Å². The number of carboxylic acid groups (broad SMARTS) is 1. The summed E-state index contributed by atoms with van der Waals surface area (Å²) in [6.07, 6.45) is 3.67. The smallest absolute Gasteiger partial charge is 0.342 e. The van der Waals surface area contributed by atoms with E-state index in [0.717, 1.165) is 5.56 Å². The predicted octanol–water partition coefficient (Wildman–Crippen LogP) is 3.87. The Balaban J connectivity index is 1.70. The number of nitrogens with one attached hydrogen (secondary N) is 1.